The molecule has 0 unspecified atom stereocenters. The normalized spacial score (nSPS) is 15.8. The van der Waals surface area contributed by atoms with Gasteiger partial charge < -0.3 is 14.7 Å². The lowest BCUT2D eigenvalue weighted by atomic mass is 9.97. The minimum atomic E-state index is -0.534. The Morgan fingerprint density at radius 2 is 2.14 bits per heavy atom. The molecule has 21 heavy (non-hydrogen) atoms. The third-order valence-electron chi connectivity index (χ3n) is 3.78. The number of hydrogen-bond donors (Lipinski definition) is 1. The van der Waals surface area contributed by atoms with E-state index in [9.17, 15) is 14.9 Å². The highest BCUT2D eigenvalue weighted by molar-refractivity contribution is 5.97. The Morgan fingerprint density at radius 1 is 1.48 bits per heavy atom. The summed E-state index contributed by atoms with van der Waals surface area (Å²) in [6.45, 7) is 1.20. The molecule has 1 aromatic carbocycles. The molecule has 1 fully saturated rings. The molecule has 1 aliphatic rings. The van der Waals surface area contributed by atoms with E-state index in [2.05, 4.69) is 0 Å². The van der Waals surface area contributed by atoms with E-state index in [0.29, 0.717) is 18.8 Å². The van der Waals surface area contributed by atoms with Gasteiger partial charge in [-0.15, -0.1) is 0 Å². The minimum Gasteiger partial charge on any atom is -0.496 e. The predicted octanol–water partition coefficient (Wildman–Crippen LogP) is 1.45. The lowest BCUT2D eigenvalue weighted by Gasteiger charge is -2.31. The summed E-state index contributed by atoms with van der Waals surface area (Å²) in [7, 11) is 1.43. The van der Waals surface area contributed by atoms with Crippen LogP contribution in [0.5, 0.6) is 5.75 Å². The van der Waals surface area contributed by atoms with Crippen molar-refractivity contribution in [1.82, 2.24) is 4.90 Å². The average Bonchev–Trinajstić information content (AvgIpc) is 2.53. The lowest BCUT2D eigenvalue weighted by molar-refractivity contribution is -0.384. The van der Waals surface area contributed by atoms with Crippen molar-refractivity contribution in [1.29, 1.82) is 0 Å². The van der Waals surface area contributed by atoms with Crippen molar-refractivity contribution in [3.63, 3.8) is 0 Å². The number of methoxy groups -OCH3 is 1. The number of carbonyl (C=O) groups excluding carboxylic acids is 1. The second-order valence-corrected chi connectivity index (χ2v) is 5.06. The van der Waals surface area contributed by atoms with E-state index in [4.69, 9.17) is 9.84 Å². The van der Waals surface area contributed by atoms with Gasteiger partial charge in [-0.25, -0.2) is 0 Å². The maximum Gasteiger partial charge on any atom is 0.270 e. The van der Waals surface area contributed by atoms with Crippen molar-refractivity contribution < 1.29 is 19.6 Å². The molecule has 0 radical (unpaired) electrons. The number of benzene rings is 1. The topological polar surface area (TPSA) is 92.9 Å². The van der Waals surface area contributed by atoms with Crippen LogP contribution in [0, 0.1) is 16.0 Å². The van der Waals surface area contributed by atoms with Crippen LogP contribution in [0.4, 0.5) is 5.69 Å². The van der Waals surface area contributed by atoms with E-state index < -0.39 is 4.92 Å². The first kappa shape index (κ1) is 15.2. The standard InChI is InChI=1S/C14H18N2O5/c1-21-13-3-2-11(16(19)20)8-12(13)14(18)15-6-4-10(9-17)5-7-15/h2-3,8,10,17H,4-7,9H2,1H3. The fraction of sp³-hybridized carbons (Fsp3) is 0.500. The van der Waals surface area contributed by atoms with Crippen LogP contribution in [0.15, 0.2) is 18.2 Å². The van der Waals surface area contributed by atoms with Gasteiger partial charge in [0.15, 0.2) is 0 Å². The maximum absolute atomic E-state index is 12.5. The quantitative estimate of drug-likeness (QED) is 0.670. The van der Waals surface area contributed by atoms with Gasteiger partial charge in [0, 0.05) is 31.8 Å². The number of non-ortho nitro benzene ring substituents is 1. The molecule has 7 nitrogen and oxygen atoms in total. The average molecular weight is 294 g/mol. The Bertz CT molecular complexity index is 538. The molecule has 0 spiro atoms. The summed E-state index contributed by atoms with van der Waals surface area (Å²) in [5, 5.41) is 20.0. The van der Waals surface area contributed by atoms with Crippen LogP contribution in [-0.4, -0.2) is 47.6 Å². The van der Waals surface area contributed by atoms with Crippen LogP contribution in [0.2, 0.25) is 0 Å². The fourth-order valence-corrected chi connectivity index (χ4v) is 2.47. The molecule has 0 aromatic heterocycles. The zero-order chi connectivity index (χ0) is 15.4. The molecule has 0 aliphatic carbocycles. The van der Waals surface area contributed by atoms with E-state index in [-0.39, 0.29) is 29.7 Å². The summed E-state index contributed by atoms with van der Waals surface area (Å²) in [4.78, 5) is 24.5. The second kappa shape index (κ2) is 6.53. The van der Waals surface area contributed by atoms with Crippen molar-refractivity contribution in [3.05, 3.63) is 33.9 Å². The van der Waals surface area contributed by atoms with E-state index in [1.807, 2.05) is 0 Å². The van der Waals surface area contributed by atoms with Crippen molar-refractivity contribution >= 4 is 11.6 Å². The minimum absolute atomic E-state index is 0.127. The van der Waals surface area contributed by atoms with Crippen molar-refractivity contribution in [3.8, 4) is 5.75 Å². The number of likely N-dealkylation sites (tertiary alicyclic amines) is 1. The van der Waals surface area contributed by atoms with Crippen molar-refractivity contribution in [2.75, 3.05) is 26.8 Å². The van der Waals surface area contributed by atoms with Gasteiger partial charge in [0.05, 0.1) is 17.6 Å². The third kappa shape index (κ3) is 3.30. The molecule has 0 bridgehead atoms. The summed E-state index contributed by atoms with van der Waals surface area (Å²) >= 11 is 0. The molecular formula is C14H18N2O5. The van der Waals surface area contributed by atoms with Gasteiger partial charge in [-0.3, -0.25) is 14.9 Å². The molecule has 1 N–H and O–H groups in total. The Morgan fingerprint density at radius 3 is 2.67 bits per heavy atom. The van der Waals surface area contributed by atoms with Crippen LogP contribution < -0.4 is 4.74 Å². The first-order chi connectivity index (χ1) is 10.1. The molecular weight excluding hydrogens is 276 g/mol. The van der Waals surface area contributed by atoms with Gasteiger partial charge in [0.25, 0.3) is 11.6 Å². The Hall–Kier alpha value is -2.15. The Kier molecular flexibility index (Phi) is 4.74. The highest BCUT2D eigenvalue weighted by Crippen LogP contribution is 2.27. The smallest absolute Gasteiger partial charge is 0.270 e. The molecule has 2 rings (SSSR count). The molecule has 1 amide bonds. The highest BCUT2D eigenvalue weighted by Gasteiger charge is 2.26. The number of carbonyl (C=O) groups is 1. The molecule has 1 saturated heterocycles. The largest absolute Gasteiger partial charge is 0.496 e. The summed E-state index contributed by atoms with van der Waals surface area (Å²) in [6.07, 6.45) is 1.47. The number of aliphatic hydroxyl groups is 1. The van der Waals surface area contributed by atoms with Crippen molar-refractivity contribution in [2.24, 2.45) is 5.92 Å². The third-order valence-corrected chi connectivity index (χ3v) is 3.78. The number of nitro benzene ring substituents is 1. The van der Waals surface area contributed by atoms with Crippen molar-refractivity contribution in [2.45, 2.75) is 12.8 Å². The van der Waals surface area contributed by atoms with Gasteiger partial charge in [0.2, 0.25) is 0 Å². The lowest BCUT2D eigenvalue weighted by Crippen LogP contribution is -2.39. The fourth-order valence-electron chi connectivity index (χ4n) is 2.47. The number of nitrogens with zero attached hydrogens (tertiary/aromatic N) is 2. The second-order valence-electron chi connectivity index (χ2n) is 5.06. The molecule has 7 heteroatoms. The van der Waals surface area contributed by atoms with Crippen LogP contribution in [0.25, 0.3) is 0 Å². The molecule has 0 atom stereocenters. The zero-order valence-corrected chi connectivity index (χ0v) is 11.8. The number of piperidine rings is 1. The number of rotatable bonds is 4. The van der Waals surface area contributed by atoms with Gasteiger partial charge >= 0.3 is 0 Å². The van der Waals surface area contributed by atoms with Crippen LogP contribution >= 0.6 is 0 Å². The van der Waals surface area contributed by atoms with Crippen LogP contribution in [0.1, 0.15) is 23.2 Å². The number of nitro groups is 1. The Labute approximate surface area is 122 Å². The molecule has 114 valence electrons. The van der Waals surface area contributed by atoms with Gasteiger partial charge in [-0.2, -0.15) is 0 Å². The summed E-state index contributed by atoms with van der Waals surface area (Å²) in [6, 6.07) is 4.00. The van der Waals surface area contributed by atoms with E-state index >= 15 is 0 Å². The summed E-state index contributed by atoms with van der Waals surface area (Å²) in [5.74, 6) is 0.280. The number of hydrogen-bond acceptors (Lipinski definition) is 5. The number of ether oxygens (including phenoxy) is 1. The Balaban J connectivity index is 2.22. The first-order valence-electron chi connectivity index (χ1n) is 6.79. The molecule has 1 aliphatic heterocycles. The number of aliphatic hydroxyl groups excluding tert-OH is 1. The molecule has 1 aromatic rings. The molecule has 0 saturated carbocycles. The van der Waals surface area contributed by atoms with Gasteiger partial charge in [-0.05, 0) is 24.8 Å². The number of amides is 1. The van der Waals surface area contributed by atoms with E-state index in [1.165, 1.54) is 25.3 Å². The molecule has 1 heterocycles. The highest BCUT2D eigenvalue weighted by atomic mass is 16.6. The van der Waals surface area contributed by atoms with Gasteiger partial charge in [0.1, 0.15) is 5.75 Å². The first-order valence-corrected chi connectivity index (χ1v) is 6.79. The van der Waals surface area contributed by atoms with E-state index in [1.54, 1.807) is 4.90 Å². The van der Waals surface area contributed by atoms with Crippen LogP contribution in [-0.2, 0) is 0 Å². The summed E-state index contributed by atoms with van der Waals surface area (Å²) < 4.78 is 5.12. The van der Waals surface area contributed by atoms with E-state index in [0.717, 1.165) is 12.8 Å². The summed E-state index contributed by atoms with van der Waals surface area (Å²) in [5.41, 5.74) is 0.0681. The maximum atomic E-state index is 12.5. The monoisotopic (exact) mass is 294 g/mol. The predicted molar refractivity (Wildman–Crippen MR) is 75.4 cm³/mol. The SMILES string of the molecule is COc1ccc([N+](=O)[O-])cc1C(=O)N1CCC(CO)CC1. The zero-order valence-electron chi connectivity index (χ0n) is 11.8. The van der Waals surface area contributed by atoms with Crippen LogP contribution in [0.3, 0.4) is 0 Å². The van der Waals surface area contributed by atoms with Gasteiger partial charge in [-0.1, -0.05) is 0 Å².